The molecule has 0 unspecified atom stereocenters. The van der Waals surface area contributed by atoms with Crippen molar-refractivity contribution in [1.29, 1.82) is 0 Å². The van der Waals surface area contributed by atoms with Crippen LogP contribution in [-0.4, -0.2) is 11.3 Å². The van der Waals surface area contributed by atoms with Gasteiger partial charge in [0.2, 0.25) is 0 Å². The van der Waals surface area contributed by atoms with E-state index >= 15 is 0 Å². The fourth-order valence-electron chi connectivity index (χ4n) is 1.23. The van der Waals surface area contributed by atoms with Crippen molar-refractivity contribution in [2.75, 3.05) is 0 Å². The molecule has 0 atom stereocenters. The maximum Gasteiger partial charge on any atom is 0.151 e. The van der Waals surface area contributed by atoms with Gasteiger partial charge < -0.3 is 0 Å². The van der Waals surface area contributed by atoms with Crippen LogP contribution in [-0.2, 0) is 0 Å². The first-order valence-corrected chi connectivity index (χ1v) is 5.81. The number of halogens is 1. The van der Waals surface area contributed by atoms with Gasteiger partial charge in [0, 0.05) is 32.8 Å². The molecule has 4 heteroatoms. The van der Waals surface area contributed by atoms with Crippen molar-refractivity contribution < 1.29 is 4.79 Å². The van der Waals surface area contributed by atoms with Crippen LogP contribution in [0.3, 0.4) is 0 Å². The van der Waals surface area contributed by atoms with Crippen LogP contribution in [0.1, 0.15) is 10.4 Å². The maximum absolute atomic E-state index is 10.9. The van der Waals surface area contributed by atoms with Crippen molar-refractivity contribution in [2.24, 2.45) is 0 Å². The van der Waals surface area contributed by atoms with Crippen LogP contribution in [0.4, 0.5) is 0 Å². The Morgan fingerprint density at radius 1 is 1.19 bits per heavy atom. The van der Waals surface area contributed by atoms with Gasteiger partial charge in [0.1, 0.15) is 0 Å². The number of carbonyl (C=O) groups excluding carboxylic acids is 1. The molecule has 2 rings (SSSR count). The fraction of sp³-hybridized carbons (Fsp3) is 0. The number of benzene rings is 1. The van der Waals surface area contributed by atoms with Gasteiger partial charge in [-0.15, -0.1) is 0 Å². The Bertz CT molecular complexity index is 502. The number of aromatic nitrogens is 1. The molecule has 0 spiro atoms. The molecule has 80 valence electrons. The Hall–Kier alpha value is -1.32. The molecule has 2 nitrogen and oxygen atoms in total. The fourth-order valence-corrected chi connectivity index (χ4v) is 2.40. The lowest BCUT2D eigenvalue weighted by atomic mass is 10.2. The third-order valence-electron chi connectivity index (χ3n) is 1.98. The molecule has 0 saturated carbocycles. The van der Waals surface area contributed by atoms with Crippen LogP contribution >= 0.6 is 23.4 Å². The Morgan fingerprint density at radius 3 is 2.62 bits per heavy atom. The SMILES string of the molecule is O=Cc1ccc(Cl)cc1Sc1ccncc1. The first-order valence-electron chi connectivity index (χ1n) is 4.62. The van der Waals surface area contributed by atoms with E-state index in [0.717, 1.165) is 16.1 Å². The monoisotopic (exact) mass is 249 g/mol. The van der Waals surface area contributed by atoms with Crippen LogP contribution in [0.15, 0.2) is 52.5 Å². The van der Waals surface area contributed by atoms with Gasteiger partial charge in [-0.3, -0.25) is 9.78 Å². The van der Waals surface area contributed by atoms with Gasteiger partial charge in [-0.2, -0.15) is 0 Å². The Balaban J connectivity index is 2.33. The third-order valence-corrected chi connectivity index (χ3v) is 3.30. The third kappa shape index (κ3) is 2.62. The molecule has 0 N–H and O–H groups in total. The molecule has 1 heterocycles. The van der Waals surface area contributed by atoms with E-state index in [1.165, 1.54) is 11.8 Å². The largest absolute Gasteiger partial charge is 0.298 e. The summed E-state index contributed by atoms with van der Waals surface area (Å²) in [5.41, 5.74) is 0.645. The molecule has 0 bridgehead atoms. The quantitative estimate of drug-likeness (QED) is 0.777. The summed E-state index contributed by atoms with van der Waals surface area (Å²) < 4.78 is 0. The summed E-state index contributed by atoms with van der Waals surface area (Å²) in [6, 6.07) is 9.00. The van der Waals surface area contributed by atoms with E-state index in [1.807, 2.05) is 12.1 Å². The lowest BCUT2D eigenvalue weighted by Gasteiger charge is -2.04. The molecule has 0 fully saturated rings. The predicted molar refractivity (Wildman–Crippen MR) is 65.2 cm³/mol. The van der Waals surface area contributed by atoms with E-state index in [0.29, 0.717) is 10.6 Å². The van der Waals surface area contributed by atoms with Crippen molar-refractivity contribution in [2.45, 2.75) is 9.79 Å². The maximum atomic E-state index is 10.9. The molecular formula is C12H8ClNOS. The second-order valence-electron chi connectivity index (χ2n) is 3.08. The van der Waals surface area contributed by atoms with Gasteiger partial charge >= 0.3 is 0 Å². The van der Waals surface area contributed by atoms with Crippen molar-refractivity contribution in [3.63, 3.8) is 0 Å². The van der Waals surface area contributed by atoms with E-state index in [2.05, 4.69) is 4.98 Å². The topological polar surface area (TPSA) is 30.0 Å². The van der Waals surface area contributed by atoms with Crippen molar-refractivity contribution >= 4 is 29.6 Å². The van der Waals surface area contributed by atoms with Gasteiger partial charge in [0.25, 0.3) is 0 Å². The summed E-state index contributed by atoms with van der Waals surface area (Å²) in [4.78, 5) is 16.7. The van der Waals surface area contributed by atoms with Crippen LogP contribution in [0, 0.1) is 0 Å². The van der Waals surface area contributed by atoms with Crippen LogP contribution in [0.25, 0.3) is 0 Å². The number of rotatable bonds is 3. The normalized spacial score (nSPS) is 10.1. The standard InChI is InChI=1S/C12H8ClNOS/c13-10-2-1-9(8-15)12(7-10)16-11-3-5-14-6-4-11/h1-8H. The number of aldehydes is 1. The average molecular weight is 250 g/mol. The van der Waals surface area contributed by atoms with E-state index in [1.54, 1.807) is 30.6 Å². The highest BCUT2D eigenvalue weighted by Crippen LogP contribution is 2.31. The first-order chi connectivity index (χ1) is 7.79. The molecule has 1 aromatic heterocycles. The van der Waals surface area contributed by atoms with Gasteiger partial charge in [0.05, 0.1) is 0 Å². The Morgan fingerprint density at radius 2 is 1.94 bits per heavy atom. The molecule has 0 saturated heterocycles. The van der Waals surface area contributed by atoms with Crippen LogP contribution in [0.2, 0.25) is 5.02 Å². The smallest absolute Gasteiger partial charge is 0.151 e. The molecular weight excluding hydrogens is 242 g/mol. The first kappa shape index (κ1) is 11.2. The van der Waals surface area contributed by atoms with Gasteiger partial charge in [-0.05, 0) is 30.3 Å². The van der Waals surface area contributed by atoms with Crippen LogP contribution < -0.4 is 0 Å². The minimum atomic E-state index is 0.627. The van der Waals surface area contributed by atoms with Gasteiger partial charge in [-0.25, -0.2) is 0 Å². The molecule has 0 aliphatic heterocycles. The second-order valence-corrected chi connectivity index (χ2v) is 4.64. The molecule has 0 radical (unpaired) electrons. The zero-order valence-corrected chi connectivity index (χ0v) is 9.83. The summed E-state index contributed by atoms with van der Waals surface area (Å²) in [6.45, 7) is 0. The highest BCUT2D eigenvalue weighted by Gasteiger charge is 2.04. The number of carbonyl (C=O) groups is 1. The number of nitrogens with zero attached hydrogens (tertiary/aromatic N) is 1. The summed E-state index contributed by atoms with van der Waals surface area (Å²) >= 11 is 7.40. The average Bonchev–Trinajstić information content (AvgIpc) is 2.31. The zero-order valence-electron chi connectivity index (χ0n) is 8.26. The zero-order chi connectivity index (χ0) is 11.4. The molecule has 2 aromatic rings. The van der Waals surface area contributed by atoms with Gasteiger partial charge in [0.15, 0.2) is 6.29 Å². The minimum Gasteiger partial charge on any atom is -0.298 e. The molecule has 0 aliphatic carbocycles. The molecule has 0 amide bonds. The Kier molecular flexibility index (Phi) is 3.59. The number of pyridine rings is 1. The highest BCUT2D eigenvalue weighted by atomic mass is 35.5. The minimum absolute atomic E-state index is 0.627. The predicted octanol–water partition coefficient (Wildman–Crippen LogP) is 3.70. The second kappa shape index (κ2) is 5.14. The van der Waals surface area contributed by atoms with Crippen molar-refractivity contribution in [3.8, 4) is 0 Å². The van der Waals surface area contributed by atoms with Crippen molar-refractivity contribution in [1.82, 2.24) is 4.98 Å². The lowest BCUT2D eigenvalue weighted by molar-refractivity contribution is 0.112. The summed E-state index contributed by atoms with van der Waals surface area (Å²) in [5.74, 6) is 0. The number of hydrogen-bond donors (Lipinski definition) is 0. The van der Waals surface area contributed by atoms with E-state index in [-0.39, 0.29) is 0 Å². The summed E-state index contributed by atoms with van der Waals surface area (Å²) in [7, 11) is 0. The van der Waals surface area contributed by atoms with Crippen LogP contribution in [0.5, 0.6) is 0 Å². The summed E-state index contributed by atoms with van der Waals surface area (Å²) in [5, 5.41) is 0.627. The lowest BCUT2D eigenvalue weighted by Crippen LogP contribution is -1.85. The van der Waals surface area contributed by atoms with Gasteiger partial charge in [-0.1, -0.05) is 23.4 Å². The highest BCUT2D eigenvalue weighted by molar-refractivity contribution is 7.99. The van der Waals surface area contributed by atoms with Crippen molar-refractivity contribution in [3.05, 3.63) is 53.3 Å². The van der Waals surface area contributed by atoms with E-state index in [9.17, 15) is 4.79 Å². The molecule has 16 heavy (non-hydrogen) atoms. The summed E-state index contributed by atoms with van der Waals surface area (Å²) in [6.07, 6.45) is 4.26. The molecule has 1 aromatic carbocycles. The van der Waals surface area contributed by atoms with E-state index in [4.69, 9.17) is 11.6 Å². The van der Waals surface area contributed by atoms with E-state index < -0.39 is 0 Å². The number of hydrogen-bond acceptors (Lipinski definition) is 3. The Labute approximate surface area is 103 Å². The molecule has 0 aliphatic rings.